The highest BCUT2D eigenvalue weighted by Crippen LogP contribution is 2.29. The summed E-state index contributed by atoms with van der Waals surface area (Å²) in [6, 6.07) is 7.17. The van der Waals surface area contributed by atoms with Gasteiger partial charge in [0.05, 0.1) is 20.7 Å². The number of hydrogen-bond acceptors (Lipinski definition) is 4. The van der Waals surface area contributed by atoms with Gasteiger partial charge < -0.3 is 10.1 Å². The van der Waals surface area contributed by atoms with Crippen LogP contribution in [0.2, 0.25) is 10.0 Å². The summed E-state index contributed by atoms with van der Waals surface area (Å²) in [7, 11) is 0. The van der Waals surface area contributed by atoms with Gasteiger partial charge in [-0.05, 0) is 31.2 Å². The summed E-state index contributed by atoms with van der Waals surface area (Å²) >= 11 is 11.7. The van der Waals surface area contributed by atoms with Gasteiger partial charge in [0.1, 0.15) is 11.6 Å². The Hall–Kier alpha value is -2.38. The molecule has 0 aliphatic heterocycles. The zero-order valence-corrected chi connectivity index (χ0v) is 13.8. The number of benzene rings is 2. The molecule has 2 rings (SSSR count). The molecule has 0 saturated heterocycles. The number of anilines is 1. The lowest BCUT2D eigenvalue weighted by atomic mass is 10.2. The van der Waals surface area contributed by atoms with Gasteiger partial charge >= 0.3 is 0 Å². The first-order chi connectivity index (χ1) is 11.3. The molecule has 24 heavy (non-hydrogen) atoms. The summed E-state index contributed by atoms with van der Waals surface area (Å²) < 4.78 is 18.4. The lowest BCUT2D eigenvalue weighted by Gasteiger charge is -2.16. The van der Waals surface area contributed by atoms with Crippen molar-refractivity contribution in [2.24, 2.45) is 0 Å². The highest BCUT2D eigenvalue weighted by atomic mass is 35.5. The van der Waals surface area contributed by atoms with E-state index in [-0.39, 0.29) is 27.2 Å². The van der Waals surface area contributed by atoms with Crippen LogP contribution in [0.5, 0.6) is 5.75 Å². The molecular formula is C15H11Cl2FN2O4. The van der Waals surface area contributed by atoms with Crippen molar-refractivity contribution in [2.75, 3.05) is 5.32 Å². The molecule has 1 atom stereocenters. The van der Waals surface area contributed by atoms with Crippen LogP contribution in [0.25, 0.3) is 0 Å². The smallest absolute Gasteiger partial charge is 0.271 e. The molecule has 1 unspecified atom stereocenters. The number of ether oxygens (including phenoxy) is 1. The monoisotopic (exact) mass is 372 g/mol. The van der Waals surface area contributed by atoms with Crippen LogP contribution in [0.1, 0.15) is 6.92 Å². The second-order valence-electron chi connectivity index (χ2n) is 4.75. The summed E-state index contributed by atoms with van der Waals surface area (Å²) in [5.74, 6) is -0.951. The number of hydrogen-bond donors (Lipinski definition) is 1. The first-order valence-electron chi connectivity index (χ1n) is 6.64. The number of non-ortho nitro benzene ring substituents is 1. The number of rotatable bonds is 5. The lowest BCUT2D eigenvalue weighted by Crippen LogP contribution is -2.30. The minimum atomic E-state index is -0.968. The summed E-state index contributed by atoms with van der Waals surface area (Å²) in [6.45, 7) is 1.46. The van der Waals surface area contributed by atoms with Crippen molar-refractivity contribution >= 4 is 40.5 Å². The second-order valence-corrected chi connectivity index (χ2v) is 5.56. The van der Waals surface area contributed by atoms with E-state index in [0.717, 1.165) is 18.2 Å². The van der Waals surface area contributed by atoms with E-state index in [0.29, 0.717) is 0 Å². The molecule has 0 saturated carbocycles. The molecule has 2 aromatic rings. The first-order valence-corrected chi connectivity index (χ1v) is 7.40. The fraction of sp³-hybridized carbons (Fsp3) is 0.133. The topological polar surface area (TPSA) is 81.5 Å². The number of carbonyl (C=O) groups excluding carboxylic acids is 1. The molecule has 0 fully saturated rings. The molecule has 2 aromatic carbocycles. The van der Waals surface area contributed by atoms with Gasteiger partial charge in [-0.1, -0.05) is 23.2 Å². The van der Waals surface area contributed by atoms with Crippen LogP contribution in [-0.2, 0) is 4.79 Å². The summed E-state index contributed by atoms with van der Waals surface area (Å²) in [5, 5.41) is 13.2. The standard InChI is InChI=1S/C15H11Cl2FN2O4/c1-8(15(21)19-13-4-2-9(18)6-11(13)16)24-14-5-3-10(20(22)23)7-12(14)17/h2-8H,1H3,(H,19,21). The van der Waals surface area contributed by atoms with E-state index in [2.05, 4.69) is 5.32 Å². The van der Waals surface area contributed by atoms with Gasteiger partial charge in [-0.15, -0.1) is 0 Å². The molecule has 0 aliphatic carbocycles. The third-order valence-electron chi connectivity index (χ3n) is 2.99. The van der Waals surface area contributed by atoms with Crippen LogP contribution < -0.4 is 10.1 Å². The zero-order valence-electron chi connectivity index (χ0n) is 12.3. The van der Waals surface area contributed by atoms with Crippen LogP contribution >= 0.6 is 23.2 Å². The fourth-order valence-corrected chi connectivity index (χ4v) is 2.20. The van der Waals surface area contributed by atoms with E-state index in [1.165, 1.54) is 25.1 Å². The maximum Gasteiger partial charge on any atom is 0.271 e. The molecule has 0 aromatic heterocycles. The van der Waals surface area contributed by atoms with Crippen molar-refractivity contribution in [3.63, 3.8) is 0 Å². The van der Waals surface area contributed by atoms with Crippen molar-refractivity contribution in [1.82, 2.24) is 0 Å². The largest absolute Gasteiger partial charge is 0.479 e. The van der Waals surface area contributed by atoms with Gasteiger partial charge in [-0.25, -0.2) is 4.39 Å². The Morgan fingerprint density at radius 2 is 1.96 bits per heavy atom. The highest BCUT2D eigenvalue weighted by Gasteiger charge is 2.19. The van der Waals surface area contributed by atoms with Gasteiger partial charge in [0, 0.05) is 12.1 Å². The highest BCUT2D eigenvalue weighted by molar-refractivity contribution is 6.33. The quantitative estimate of drug-likeness (QED) is 0.620. The molecule has 126 valence electrons. The Bertz CT molecular complexity index is 801. The Morgan fingerprint density at radius 3 is 2.54 bits per heavy atom. The van der Waals surface area contributed by atoms with Gasteiger partial charge in [0.2, 0.25) is 0 Å². The minimum absolute atomic E-state index is 0.00339. The maximum atomic E-state index is 13.0. The van der Waals surface area contributed by atoms with Gasteiger partial charge in [0.15, 0.2) is 6.10 Å². The van der Waals surface area contributed by atoms with Gasteiger partial charge in [-0.3, -0.25) is 14.9 Å². The predicted octanol–water partition coefficient (Wildman–Crippen LogP) is 4.45. The third kappa shape index (κ3) is 4.33. The average molecular weight is 373 g/mol. The van der Waals surface area contributed by atoms with Crippen molar-refractivity contribution in [3.8, 4) is 5.75 Å². The molecule has 0 heterocycles. The molecular weight excluding hydrogens is 362 g/mol. The van der Waals surface area contributed by atoms with Crippen LogP contribution in [0, 0.1) is 15.9 Å². The van der Waals surface area contributed by atoms with Crippen molar-refractivity contribution in [2.45, 2.75) is 13.0 Å². The number of halogens is 3. The number of nitro benzene ring substituents is 1. The van der Waals surface area contributed by atoms with Crippen LogP contribution in [0.15, 0.2) is 36.4 Å². The molecule has 0 spiro atoms. The molecule has 9 heteroatoms. The van der Waals surface area contributed by atoms with E-state index >= 15 is 0 Å². The summed E-state index contributed by atoms with van der Waals surface area (Å²) in [4.78, 5) is 22.2. The normalized spacial score (nSPS) is 11.7. The Morgan fingerprint density at radius 1 is 1.25 bits per heavy atom. The Balaban J connectivity index is 2.07. The van der Waals surface area contributed by atoms with Gasteiger partial charge in [0.25, 0.3) is 11.6 Å². The van der Waals surface area contributed by atoms with E-state index < -0.39 is 22.8 Å². The van der Waals surface area contributed by atoms with E-state index in [1.807, 2.05) is 0 Å². The van der Waals surface area contributed by atoms with E-state index in [1.54, 1.807) is 0 Å². The number of nitrogens with one attached hydrogen (secondary N) is 1. The fourth-order valence-electron chi connectivity index (χ4n) is 1.77. The van der Waals surface area contributed by atoms with E-state index in [4.69, 9.17) is 27.9 Å². The van der Waals surface area contributed by atoms with Crippen LogP contribution in [0.4, 0.5) is 15.8 Å². The Labute approximate surface area is 146 Å². The molecule has 0 aliphatic rings. The molecule has 1 N–H and O–H groups in total. The Kier molecular flexibility index (Phi) is 5.58. The average Bonchev–Trinajstić information content (AvgIpc) is 2.51. The van der Waals surface area contributed by atoms with E-state index in [9.17, 15) is 19.3 Å². The zero-order chi connectivity index (χ0) is 17.9. The molecule has 1 amide bonds. The number of nitro groups is 1. The molecule has 0 bridgehead atoms. The SMILES string of the molecule is CC(Oc1ccc([N+](=O)[O-])cc1Cl)C(=O)Nc1ccc(F)cc1Cl. The van der Waals surface area contributed by atoms with Gasteiger partial charge in [-0.2, -0.15) is 0 Å². The number of nitrogens with zero attached hydrogens (tertiary/aromatic N) is 1. The number of amides is 1. The third-order valence-corrected chi connectivity index (χ3v) is 3.60. The van der Waals surface area contributed by atoms with Crippen molar-refractivity contribution < 1.29 is 18.8 Å². The predicted molar refractivity (Wildman–Crippen MR) is 88.2 cm³/mol. The minimum Gasteiger partial charge on any atom is -0.479 e. The second kappa shape index (κ2) is 7.46. The van der Waals surface area contributed by atoms with Crippen LogP contribution in [-0.4, -0.2) is 16.9 Å². The first kappa shape index (κ1) is 18.0. The summed E-state index contributed by atoms with van der Waals surface area (Å²) in [6.07, 6.45) is -0.968. The lowest BCUT2D eigenvalue weighted by molar-refractivity contribution is -0.384. The molecule has 6 nitrogen and oxygen atoms in total. The van der Waals surface area contributed by atoms with Crippen molar-refractivity contribution in [1.29, 1.82) is 0 Å². The molecule has 0 radical (unpaired) electrons. The maximum absolute atomic E-state index is 13.0. The van der Waals surface area contributed by atoms with Crippen molar-refractivity contribution in [3.05, 3.63) is 62.4 Å². The number of carbonyl (C=O) groups is 1. The summed E-state index contributed by atoms with van der Waals surface area (Å²) in [5.41, 5.74) is 0.0378. The van der Waals surface area contributed by atoms with Crippen LogP contribution in [0.3, 0.4) is 0 Å².